The van der Waals surface area contributed by atoms with E-state index in [1.165, 1.54) is 6.07 Å². The zero-order valence-electron chi connectivity index (χ0n) is 16.1. The monoisotopic (exact) mass is 471 g/mol. The van der Waals surface area contributed by atoms with Crippen molar-refractivity contribution < 1.29 is 43.9 Å². The Morgan fingerprint density at radius 1 is 0.485 bits per heavy atom. The Morgan fingerprint density at radius 2 is 0.848 bits per heavy atom. The Hall–Kier alpha value is -3.37. The third-order valence-electron chi connectivity index (χ3n) is 5.32. The van der Waals surface area contributed by atoms with Crippen LogP contribution in [0, 0.1) is 58.2 Å². The van der Waals surface area contributed by atoms with Gasteiger partial charge in [-0.05, 0) is 0 Å². The van der Waals surface area contributed by atoms with Crippen molar-refractivity contribution in [3.05, 3.63) is 98.6 Å². The van der Waals surface area contributed by atoms with Gasteiger partial charge in [0.25, 0.3) is 0 Å². The number of halogens is 10. The van der Waals surface area contributed by atoms with Crippen molar-refractivity contribution in [2.75, 3.05) is 0 Å². The van der Waals surface area contributed by atoms with Gasteiger partial charge in [0.05, 0.1) is 0 Å². The van der Waals surface area contributed by atoms with E-state index in [2.05, 4.69) is 0 Å². The van der Waals surface area contributed by atoms with Crippen LogP contribution in [-0.2, 0) is 0 Å². The number of hydrogen-bond acceptors (Lipinski definition) is 0. The molecule has 1 aliphatic rings. The molecule has 0 heterocycles. The van der Waals surface area contributed by atoms with E-state index < -0.39 is 86.0 Å². The summed E-state index contributed by atoms with van der Waals surface area (Å²) in [5.41, 5.74) is -5.71. The average molecular weight is 471 g/mol. The first-order valence-electron chi connectivity index (χ1n) is 8.92. The quantitative estimate of drug-likeness (QED) is 0.179. The van der Waals surface area contributed by atoms with Crippen LogP contribution >= 0.6 is 0 Å². The van der Waals surface area contributed by atoms with Gasteiger partial charge in [-0.1, -0.05) is 0 Å². The number of hydrogen-bond donors (Lipinski definition) is 0. The standard InChI is InChI=1S/C22H6BF10/c1-5-8(11-15(26)19(30)22(33)20(31)16(11)27)9-6(3-2-4-7(9)12(5)23)10-13(24)17(28)21(32)18(29)14(10)25/h2-4H,1H3. The van der Waals surface area contributed by atoms with E-state index >= 15 is 0 Å². The molecule has 1 radical (unpaired) electrons. The molecule has 0 bridgehead atoms. The van der Waals surface area contributed by atoms with Crippen LogP contribution in [0.2, 0.25) is 0 Å². The van der Waals surface area contributed by atoms with Crippen molar-refractivity contribution >= 4 is 18.5 Å². The summed E-state index contributed by atoms with van der Waals surface area (Å²) in [5, 5.41) is 0. The zero-order valence-corrected chi connectivity index (χ0v) is 16.1. The first kappa shape index (κ1) is 22.8. The Bertz CT molecular complexity index is 1380. The van der Waals surface area contributed by atoms with Crippen LogP contribution in [-0.4, -0.2) is 13.0 Å². The normalized spacial score (nSPS) is 13.2. The molecule has 167 valence electrons. The summed E-state index contributed by atoms with van der Waals surface area (Å²) in [6, 6.07) is 3.14. The molecule has 0 atom stereocenters. The molecule has 3 aromatic carbocycles. The molecule has 33 heavy (non-hydrogen) atoms. The van der Waals surface area contributed by atoms with E-state index in [4.69, 9.17) is 7.49 Å². The fourth-order valence-corrected chi connectivity index (χ4v) is 3.76. The minimum absolute atomic E-state index is 0.173. The second-order valence-electron chi connectivity index (χ2n) is 7.03. The van der Waals surface area contributed by atoms with Gasteiger partial charge in [0.2, 0.25) is 0 Å². The number of rotatable bonds is 2. The van der Waals surface area contributed by atoms with Crippen molar-refractivity contribution in [3.8, 4) is 11.1 Å². The Morgan fingerprint density at radius 3 is 1.30 bits per heavy atom. The summed E-state index contributed by atoms with van der Waals surface area (Å²) >= 11 is 0. The summed E-state index contributed by atoms with van der Waals surface area (Å²) in [4.78, 5) is 0. The Kier molecular flexibility index (Phi) is 5.26. The van der Waals surface area contributed by atoms with Crippen LogP contribution < -0.4 is 0 Å². The average Bonchev–Trinajstić information content (AvgIpc) is 3.05. The van der Waals surface area contributed by atoms with E-state index in [1.54, 1.807) is 0 Å². The molecule has 11 heteroatoms. The van der Waals surface area contributed by atoms with Crippen LogP contribution in [0.4, 0.5) is 43.9 Å². The van der Waals surface area contributed by atoms with Gasteiger partial charge in [-0.15, -0.1) is 0 Å². The zero-order chi connectivity index (χ0) is 24.5. The van der Waals surface area contributed by atoms with Gasteiger partial charge in [0.1, 0.15) is 0 Å². The molecule has 0 unspecified atom stereocenters. The predicted molar refractivity (Wildman–Crippen MR) is 99.5 cm³/mol. The van der Waals surface area contributed by atoms with Gasteiger partial charge in [-0.2, -0.15) is 0 Å². The second kappa shape index (κ2) is 7.60. The molecule has 0 nitrogen and oxygen atoms in total. The van der Waals surface area contributed by atoms with E-state index in [0.29, 0.717) is 0 Å². The maximum absolute atomic E-state index is 14.6. The van der Waals surface area contributed by atoms with Gasteiger partial charge < -0.3 is 0 Å². The van der Waals surface area contributed by atoms with Gasteiger partial charge in [0.15, 0.2) is 0 Å². The third kappa shape index (κ3) is 2.97. The van der Waals surface area contributed by atoms with Gasteiger partial charge in [0, 0.05) is 0 Å². The molecule has 1 aliphatic carbocycles. The summed E-state index contributed by atoms with van der Waals surface area (Å²) in [6.07, 6.45) is 0. The van der Waals surface area contributed by atoms with E-state index in [1.807, 2.05) is 0 Å². The number of fused-ring (bicyclic) bond motifs is 1. The molecular formula is C22H6BF10. The molecule has 0 amide bonds. The van der Waals surface area contributed by atoms with E-state index in [9.17, 15) is 43.9 Å². The summed E-state index contributed by atoms with van der Waals surface area (Å²) in [5.74, 6) is -23.2. The first-order chi connectivity index (χ1) is 15.4. The fourth-order valence-electron chi connectivity index (χ4n) is 3.76. The predicted octanol–water partition coefficient (Wildman–Crippen LogP) is 6.27. The SMILES string of the molecule is [B]=C1C(C)=C(c2c(F)c(F)c(F)c(F)c2F)c2c1cccc2-c1c(F)c(F)c(F)c(F)c1F. The van der Waals surface area contributed by atoms with Crippen LogP contribution in [0.1, 0.15) is 23.6 Å². The van der Waals surface area contributed by atoms with E-state index in [0.717, 1.165) is 19.1 Å². The molecule has 0 saturated carbocycles. The van der Waals surface area contributed by atoms with Crippen LogP contribution in [0.25, 0.3) is 16.7 Å². The molecule has 3 aromatic rings. The van der Waals surface area contributed by atoms with Crippen molar-refractivity contribution in [1.29, 1.82) is 0 Å². The van der Waals surface area contributed by atoms with Gasteiger partial charge >= 0.3 is 179 Å². The van der Waals surface area contributed by atoms with E-state index in [-0.39, 0.29) is 16.6 Å². The molecular weight excluding hydrogens is 465 g/mol. The molecule has 0 N–H and O–H groups in total. The number of benzene rings is 3. The van der Waals surface area contributed by atoms with Gasteiger partial charge in [-0.3, -0.25) is 0 Å². The minimum atomic E-state index is -2.45. The van der Waals surface area contributed by atoms with Crippen LogP contribution in [0.5, 0.6) is 0 Å². The molecule has 0 aliphatic heterocycles. The summed E-state index contributed by atoms with van der Waals surface area (Å²) in [7, 11) is 5.89. The van der Waals surface area contributed by atoms with Crippen molar-refractivity contribution in [2.24, 2.45) is 0 Å². The molecule has 0 spiro atoms. The second-order valence-corrected chi connectivity index (χ2v) is 7.03. The van der Waals surface area contributed by atoms with Crippen LogP contribution in [0.3, 0.4) is 0 Å². The van der Waals surface area contributed by atoms with Gasteiger partial charge in [-0.25, -0.2) is 0 Å². The molecule has 0 fully saturated rings. The Balaban J connectivity index is 2.17. The van der Waals surface area contributed by atoms with Crippen molar-refractivity contribution in [2.45, 2.75) is 6.92 Å². The van der Waals surface area contributed by atoms with Crippen molar-refractivity contribution in [3.63, 3.8) is 0 Å². The number of allylic oxidation sites excluding steroid dienone is 1. The fraction of sp³-hybridized carbons (Fsp3) is 0.0455. The summed E-state index contributed by atoms with van der Waals surface area (Å²) in [6.45, 7) is 1.13. The third-order valence-corrected chi connectivity index (χ3v) is 5.32. The Labute approximate surface area is 179 Å². The van der Waals surface area contributed by atoms with Crippen molar-refractivity contribution in [1.82, 2.24) is 0 Å². The first-order valence-corrected chi connectivity index (χ1v) is 8.92. The summed E-state index contributed by atoms with van der Waals surface area (Å²) < 4.78 is 141. The maximum atomic E-state index is 14.6. The molecule has 0 aromatic heterocycles. The molecule has 0 saturated heterocycles. The topological polar surface area (TPSA) is 0 Å². The van der Waals surface area contributed by atoms with Crippen LogP contribution in [0.15, 0.2) is 23.8 Å². The molecule has 4 rings (SSSR count).